The van der Waals surface area contributed by atoms with Crippen LogP contribution in [-0.4, -0.2) is 23.3 Å². The van der Waals surface area contributed by atoms with Gasteiger partial charge in [0.2, 0.25) is 0 Å². The zero-order valence-electron chi connectivity index (χ0n) is 12.2. The number of amides is 2. The third-order valence-electron chi connectivity index (χ3n) is 4.04. The SMILES string of the molecule is CC(=O)C1=C2C=CCCN2C(=O)NC1c1ccccc1C. The van der Waals surface area contributed by atoms with E-state index < -0.39 is 0 Å². The van der Waals surface area contributed by atoms with E-state index in [1.54, 1.807) is 11.8 Å². The van der Waals surface area contributed by atoms with E-state index >= 15 is 0 Å². The lowest BCUT2D eigenvalue weighted by Gasteiger charge is -2.37. The van der Waals surface area contributed by atoms with Crippen LogP contribution in [0.2, 0.25) is 0 Å². The van der Waals surface area contributed by atoms with Gasteiger partial charge >= 0.3 is 6.03 Å². The maximum atomic E-state index is 12.3. The molecule has 1 atom stereocenters. The van der Waals surface area contributed by atoms with Crippen LogP contribution in [0.1, 0.15) is 30.5 Å². The van der Waals surface area contributed by atoms with Crippen LogP contribution in [0.4, 0.5) is 4.79 Å². The van der Waals surface area contributed by atoms with Crippen LogP contribution >= 0.6 is 0 Å². The number of nitrogens with one attached hydrogen (secondary N) is 1. The summed E-state index contributed by atoms with van der Waals surface area (Å²) >= 11 is 0. The quantitative estimate of drug-likeness (QED) is 0.906. The molecule has 4 nitrogen and oxygen atoms in total. The number of fused-ring (bicyclic) bond motifs is 1. The average Bonchev–Trinajstić information content (AvgIpc) is 2.47. The smallest absolute Gasteiger partial charge is 0.322 e. The molecule has 3 rings (SSSR count). The van der Waals surface area contributed by atoms with Crippen LogP contribution in [0.25, 0.3) is 0 Å². The minimum atomic E-state index is -0.370. The highest BCUT2D eigenvalue weighted by molar-refractivity contribution is 5.99. The van der Waals surface area contributed by atoms with E-state index in [0.29, 0.717) is 12.1 Å². The first-order chi connectivity index (χ1) is 10.1. The molecule has 0 fully saturated rings. The molecule has 0 radical (unpaired) electrons. The largest absolute Gasteiger partial charge is 0.327 e. The van der Waals surface area contributed by atoms with Crippen molar-refractivity contribution < 1.29 is 9.59 Å². The fraction of sp³-hybridized carbons (Fsp3) is 0.294. The Morgan fingerprint density at radius 3 is 2.81 bits per heavy atom. The summed E-state index contributed by atoms with van der Waals surface area (Å²) in [6, 6.07) is 7.34. The first-order valence-electron chi connectivity index (χ1n) is 7.15. The number of allylic oxidation sites excluding steroid dienone is 1. The van der Waals surface area contributed by atoms with E-state index in [4.69, 9.17) is 0 Å². The maximum absolute atomic E-state index is 12.3. The van der Waals surface area contributed by atoms with Gasteiger partial charge in [-0.1, -0.05) is 30.3 Å². The van der Waals surface area contributed by atoms with Crippen molar-refractivity contribution in [2.24, 2.45) is 0 Å². The van der Waals surface area contributed by atoms with Crippen LogP contribution in [-0.2, 0) is 4.79 Å². The summed E-state index contributed by atoms with van der Waals surface area (Å²) in [5, 5.41) is 2.98. The van der Waals surface area contributed by atoms with Crippen LogP contribution in [0.15, 0.2) is 47.7 Å². The molecular weight excluding hydrogens is 264 g/mol. The van der Waals surface area contributed by atoms with Gasteiger partial charge in [0.1, 0.15) is 0 Å². The lowest BCUT2D eigenvalue weighted by molar-refractivity contribution is -0.114. The molecule has 2 aliphatic rings. The molecule has 0 aromatic heterocycles. The van der Waals surface area contributed by atoms with Gasteiger partial charge in [-0.15, -0.1) is 0 Å². The van der Waals surface area contributed by atoms with Crippen LogP contribution < -0.4 is 5.32 Å². The highest BCUT2D eigenvalue weighted by atomic mass is 16.2. The number of nitrogens with zero attached hydrogens (tertiary/aromatic N) is 1. The fourth-order valence-corrected chi connectivity index (χ4v) is 3.00. The molecular formula is C17H18N2O2. The number of aryl methyl sites for hydroxylation is 1. The zero-order chi connectivity index (χ0) is 15.0. The number of rotatable bonds is 2. The standard InChI is InChI=1S/C17H18N2O2/c1-11-7-3-4-8-13(11)16-15(12(2)20)14-9-5-6-10-19(14)17(21)18-16/h3-5,7-9,16H,6,10H2,1-2H3,(H,18,21). The molecule has 0 aliphatic carbocycles. The Kier molecular flexibility index (Phi) is 3.37. The Bertz CT molecular complexity index is 673. The van der Waals surface area contributed by atoms with Crippen LogP contribution in [0.3, 0.4) is 0 Å². The molecule has 0 saturated heterocycles. The van der Waals surface area contributed by atoms with Gasteiger partial charge in [0.25, 0.3) is 0 Å². The van der Waals surface area contributed by atoms with Crippen LogP contribution in [0.5, 0.6) is 0 Å². The third kappa shape index (κ3) is 2.27. The summed E-state index contributed by atoms with van der Waals surface area (Å²) in [4.78, 5) is 26.2. The van der Waals surface area contributed by atoms with Gasteiger partial charge in [0, 0.05) is 12.1 Å². The number of benzene rings is 1. The summed E-state index contributed by atoms with van der Waals surface area (Å²) in [6.45, 7) is 4.17. The van der Waals surface area contributed by atoms with Crippen molar-refractivity contribution in [3.63, 3.8) is 0 Å². The summed E-state index contributed by atoms with van der Waals surface area (Å²) < 4.78 is 0. The average molecular weight is 282 g/mol. The number of carbonyl (C=O) groups excluding carboxylic acids is 2. The second-order valence-electron chi connectivity index (χ2n) is 5.44. The Hall–Kier alpha value is -2.36. The molecule has 108 valence electrons. The number of urea groups is 1. The van der Waals surface area contributed by atoms with Gasteiger partial charge in [-0.3, -0.25) is 9.69 Å². The molecule has 2 amide bonds. The molecule has 4 heteroatoms. The Balaban J connectivity index is 2.18. The third-order valence-corrected chi connectivity index (χ3v) is 4.04. The van der Waals surface area contributed by atoms with E-state index in [0.717, 1.165) is 23.2 Å². The Labute approximate surface area is 124 Å². The van der Waals surface area contributed by atoms with E-state index in [1.165, 1.54) is 0 Å². The first-order valence-corrected chi connectivity index (χ1v) is 7.15. The van der Waals surface area contributed by atoms with E-state index in [2.05, 4.69) is 5.32 Å². The fourth-order valence-electron chi connectivity index (χ4n) is 3.00. The molecule has 0 spiro atoms. The molecule has 1 N–H and O–H groups in total. The van der Waals surface area contributed by atoms with Crippen LogP contribution in [0, 0.1) is 6.92 Å². The molecule has 1 unspecified atom stereocenters. The minimum absolute atomic E-state index is 0.00481. The number of hydrogen-bond acceptors (Lipinski definition) is 2. The van der Waals surface area contributed by atoms with E-state index in [9.17, 15) is 9.59 Å². The second-order valence-corrected chi connectivity index (χ2v) is 5.44. The lowest BCUT2D eigenvalue weighted by Crippen LogP contribution is -2.48. The van der Waals surface area contributed by atoms with Crippen molar-refractivity contribution in [1.29, 1.82) is 0 Å². The molecule has 1 aromatic carbocycles. The predicted molar refractivity (Wildman–Crippen MR) is 80.6 cm³/mol. The van der Waals surface area contributed by atoms with Crippen molar-refractivity contribution >= 4 is 11.8 Å². The normalized spacial score (nSPS) is 21.1. The highest BCUT2D eigenvalue weighted by Gasteiger charge is 2.35. The van der Waals surface area contributed by atoms with Gasteiger partial charge < -0.3 is 5.32 Å². The topological polar surface area (TPSA) is 49.4 Å². The molecule has 2 heterocycles. The summed E-state index contributed by atoms with van der Waals surface area (Å²) in [5.41, 5.74) is 3.45. The molecule has 2 aliphatic heterocycles. The number of hydrogen-bond donors (Lipinski definition) is 1. The van der Waals surface area contributed by atoms with Gasteiger partial charge in [-0.2, -0.15) is 0 Å². The number of Topliss-reactive ketones (excluding diaryl/α,β-unsaturated/α-hetero) is 1. The van der Waals surface area contributed by atoms with E-state index in [1.807, 2.05) is 43.3 Å². The van der Waals surface area contributed by atoms with Gasteiger partial charge in [-0.05, 0) is 37.5 Å². The van der Waals surface area contributed by atoms with Crippen molar-refractivity contribution in [3.05, 3.63) is 58.8 Å². The lowest BCUT2D eigenvalue weighted by atomic mass is 9.89. The summed E-state index contributed by atoms with van der Waals surface area (Å²) in [6.07, 6.45) is 4.73. The summed E-state index contributed by atoms with van der Waals surface area (Å²) in [7, 11) is 0. The molecule has 0 bridgehead atoms. The predicted octanol–water partition coefficient (Wildman–Crippen LogP) is 2.86. The minimum Gasteiger partial charge on any atom is -0.327 e. The van der Waals surface area contributed by atoms with Gasteiger partial charge in [0.15, 0.2) is 5.78 Å². The maximum Gasteiger partial charge on any atom is 0.322 e. The Morgan fingerprint density at radius 1 is 1.33 bits per heavy atom. The van der Waals surface area contributed by atoms with Gasteiger partial charge in [0.05, 0.1) is 11.7 Å². The first kappa shape index (κ1) is 13.6. The monoisotopic (exact) mass is 282 g/mol. The molecule has 21 heavy (non-hydrogen) atoms. The number of carbonyl (C=O) groups is 2. The molecule has 1 aromatic rings. The Morgan fingerprint density at radius 2 is 2.10 bits per heavy atom. The van der Waals surface area contributed by atoms with Crippen molar-refractivity contribution in [2.45, 2.75) is 26.3 Å². The number of ketones is 1. The zero-order valence-corrected chi connectivity index (χ0v) is 12.2. The molecule has 0 saturated carbocycles. The second kappa shape index (κ2) is 5.20. The van der Waals surface area contributed by atoms with E-state index in [-0.39, 0.29) is 17.9 Å². The highest BCUT2D eigenvalue weighted by Crippen LogP contribution is 2.34. The van der Waals surface area contributed by atoms with Crippen molar-refractivity contribution in [2.75, 3.05) is 6.54 Å². The summed E-state index contributed by atoms with van der Waals surface area (Å²) in [5.74, 6) is -0.00481. The van der Waals surface area contributed by atoms with Gasteiger partial charge in [-0.25, -0.2) is 4.79 Å². The van der Waals surface area contributed by atoms with Crippen molar-refractivity contribution in [1.82, 2.24) is 10.2 Å². The van der Waals surface area contributed by atoms with Crippen molar-refractivity contribution in [3.8, 4) is 0 Å².